The molecule has 0 atom stereocenters. The van der Waals surface area contributed by atoms with Crippen LogP contribution in [0.2, 0.25) is 0 Å². The molecule has 3 N–H and O–H groups in total. The van der Waals surface area contributed by atoms with E-state index in [1.54, 1.807) is 6.07 Å². The molecular weight excluding hydrogens is 477 g/mol. The predicted molar refractivity (Wildman–Crippen MR) is 120 cm³/mol. The van der Waals surface area contributed by atoms with Gasteiger partial charge in [0.2, 0.25) is 0 Å². The summed E-state index contributed by atoms with van der Waals surface area (Å²) in [5.74, 6) is -0.794. The number of rotatable bonds is 4. The number of benzene rings is 1. The van der Waals surface area contributed by atoms with Gasteiger partial charge in [-0.1, -0.05) is 6.07 Å². The Kier molecular flexibility index (Phi) is 5.29. The molecule has 0 unspecified atom stereocenters. The molecule has 0 aliphatic carbocycles. The molecule has 0 bridgehead atoms. The molecule has 0 radical (unpaired) electrons. The van der Waals surface area contributed by atoms with Crippen molar-refractivity contribution in [2.45, 2.75) is 6.18 Å². The topological polar surface area (TPSA) is 153 Å². The molecule has 0 saturated carbocycles. The third-order valence-electron chi connectivity index (χ3n) is 5.09. The molecule has 36 heavy (non-hydrogen) atoms. The van der Waals surface area contributed by atoms with Crippen LogP contribution in [0.4, 0.5) is 24.7 Å². The van der Waals surface area contributed by atoms with Crippen LogP contribution in [0.25, 0.3) is 22.4 Å². The SMILES string of the molecule is N#Cc1cc(NC(=O)c2cnn(-c3cccc4nc(N)ccc34)c2C(F)(F)F)cnc1-n1nccn1. The third kappa shape index (κ3) is 3.94. The zero-order chi connectivity index (χ0) is 25.4. The molecule has 1 amide bonds. The Morgan fingerprint density at radius 3 is 2.58 bits per heavy atom. The van der Waals surface area contributed by atoms with E-state index in [9.17, 15) is 23.2 Å². The van der Waals surface area contributed by atoms with Crippen molar-refractivity contribution in [1.29, 1.82) is 5.26 Å². The fraction of sp³-hybridized carbons (Fsp3) is 0.0455. The van der Waals surface area contributed by atoms with E-state index < -0.39 is 23.3 Å². The van der Waals surface area contributed by atoms with Gasteiger partial charge in [-0.3, -0.25) is 4.79 Å². The summed E-state index contributed by atoms with van der Waals surface area (Å²) in [6.45, 7) is 0. The quantitative estimate of drug-likeness (QED) is 0.390. The van der Waals surface area contributed by atoms with Gasteiger partial charge < -0.3 is 11.1 Å². The van der Waals surface area contributed by atoms with Gasteiger partial charge in [-0.2, -0.15) is 33.7 Å². The summed E-state index contributed by atoms with van der Waals surface area (Å²) >= 11 is 0. The molecule has 14 heteroatoms. The van der Waals surface area contributed by atoms with Gasteiger partial charge in [-0.05, 0) is 30.3 Å². The highest BCUT2D eigenvalue weighted by Gasteiger charge is 2.41. The van der Waals surface area contributed by atoms with Gasteiger partial charge in [0.05, 0.1) is 47.2 Å². The first-order chi connectivity index (χ1) is 17.3. The molecule has 0 saturated heterocycles. The number of anilines is 2. The number of aromatic nitrogens is 7. The smallest absolute Gasteiger partial charge is 0.384 e. The summed E-state index contributed by atoms with van der Waals surface area (Å²) < 4.78 is 43.2. The van der Waals surface area contributed by atoms with Crippen LogP contribution in [0.15, 0.2) is 61.2 Å². The maximum atomic E-state index is 14.2. The lowest BCUT2D eigenvalue weighted by atomic mass is 10.1. The molecule has 5 aromatic rings. The van der Waals surface area contributed by atoms with Crippen molar-refractivity contribution in [3.63, 3.8) is 0 Å². The minimum Gasteiger partial charge on any atom is -0.384 e. The number of fused-ring (bicyclic) bond motifs is 1. The number of halogens is 3. The van der Waals surface area contributed by atoms with E-state index in [4.69, 9.17) is 5.73 Å². The molecule has 4 aromatic heterocycles. The number of nitrogens with two attached hydrogens (primary N) is 1. The second kappa shape index (κ2) is 8.47. The number of pyridine rings is 2. The van der Waals surface area contributed by atoms with Gasteiger partial charge in [-0.15, -0.1) is 4.80 Å². The fourth-order valence-corrected chi connectivity index (χ4v) is 3.60. The van der Waals surface area contributed by atoms with E-state index in [0.717, 1.165) is 11.0 Å². The Morgan fingerprint density at radius 1 is 1.08 bits per heavy atom. The number of carbonyl (C=O) groups excluding carboxylic acids is 1. The first-order valence-corrected chi connectivity index (χ1v) is 10.2. The number of nitriles is 1. The molecule has 0 aliphatic heterocycles. The number of nitrogen functional groups attached to an aromatic ring is 1. The number of amides is 1. The number of nitrogens with zero attached hydrogens (tertiary/aromatic N) is 8. The van der Waals surface area contributed by atoms with Gasteiger partial charge in [0, 0.05) is 5.39 Å². The molecule has 0 spiro atoms. The minimum absolute atomic E-state index is 0.00160. The summed E-state index contributed by atoms with van der Waals surface area (Å²) in [6, 6.07) is 10.7. The lowest BCUT2D eigenvalue weighted by Crippen LogP contribution is -2.21. The molecule has 11 nitrogen and oxygen atoms in total. The van der Waals surface area contributed by atoms with E-state index in [1.807, 2.05) is 6.07 Å². The van der Waals surface area contributed by atoms with Crippen molar-refractivity contribution < 1.29 is 18.0 Å². The highest BCUT2D eigenvalue weighted by atomic mass is 19.4. The summed E-state index contributed by atoms with van der Waals surface area (Å²) in [6.07, 6.45) is -0.165. The van der Waals surface area contributed by atoms with Gasteiger partial charge in [0.25, 0.3) is 5.91 Å². The van der Waals surface area contributed by atoms with Crippen LogP contribution in [0, 0.1) is 11.3 Å². The van der Waals surface area contributed by atoms with Crippen molar-refractivity contribution >= 4 is 28.3 Å². The first kappa shape index (κ1) is 22.5. The van der Waals surface area contributed by atoms with Gasteiger partial charge in [-0.25, -0.2) is 14.6 Å². The second-order valence-corrected chi connectivity index (χ2v) is 7.38. The van der Waals surface area contributed by atoms with Crippen molar-refractivity contribution in [2.24, 2.45) is 0 Å². The highest BCUT2D eigenvalue weighted by molar-refractivity contribution is 6.05. The number of hydrogen-bond acceptors (Lipinski definition) is 8. The van der Waals surface area contributed by atoms with Crippen molar-refractivity contribution in [1.82, 2.24) is 34.7 Å². The Bertz CT molecular complexity index is 1650. The lowest BCUT2D eigenvalue weighted by Gasteiger charge is -2.14. The van der Waals surface area contributed by atoms with E-state index in [2.05, 4.69) is 30.6 Å². The van der Waals surface area contributed by atoms with Crippen LogP contribution in [0.5, 0.6) is 0 Å². The average Bonchev–Trinajstić information content (AvgIpc) is 3.54. The van der Waals surface area contributed by atoms with E-state index in [-0.39, 0.29) is 28.6 Å². The molecular formula is C22H13F3N10O. The summed E-state index contributed by atoms with van der Waals surface area (Å²) in [7, 11) is 0. The van der Waals surface area contributed by atoms with Crippen molar-refractivity contribution in [2.75, 3.05) is 11.1 Å². The lowest BCUT2D eigenvalue weighted by molar-refractivity contribution is -0.143. The van der Waals surface area contributed by atoms with Crippen LogP contribution in [-0.4, -0.2) is 40.6 Å². The summed E-state index contributed by atoms with van der Waals surface area (Å²) in [4.78, 5) is 22.2. The third-order valence-corrected chi connectivity index (χ3v) is 5.09. The zero-order valence-corrected chi connectivity index (χ0v) is 18.0. The van der Waals surface area contributed by atoms with E-state index in [0.29, 0.717) is 15.6 Å². The molecule has 0 fully saturated rings. The van der Waals surface area contributed by atoms with Gasteiger partial charge >= 0.3 is 6.18 Å². The Hall–Kier alpha value is -5.32. The van der Waals surface area contributed by atoms with Crippen LogP contribution in [0.3, 0.4) is 0 Å². The molecule has 4 heterocycles. The van der Waals surface area contributed by atoms with Crippen molar-refractivity contribution in [3.8, 4) is 17.6 Å². The number of nitrogens with one attached hydrogen (secondary N) is 1. The zero-order valence-electron chi connectivity index (χ0n) is 18.0. The first-order valence-electron chi connectivity index (χ1n) is 10.2. The molecule has 0 aliphatic rings. The second-order valence-electron chi connectivity index (χ2n) is 7.38. The predicted octanol–water partition coefficient (Wildman–Crippen LogP) is 3.12. The summed E-state index contributed by atoms with van der Waals surface area (Å²) in [5, 5.41) is 23.8. The van der Waals surface area contributed by atoms with Gasteiger partial charge in [0.15, 0.2) is 11.5 Å². The van der Waals surface area contributed by atoms with Crippen LogP contribution in [0.1, 0.15) is 21.6 Å². The number of alkyl halides is 3. The van der Waals surface area contributed by atoms with E-state index in [1.165, 1.54) is 48.9 Å². The Balaban J connectivity index is 1.55. The van der Waals surface area contributed by atoms with Crippen LogP contribution < -0.4 is 11.1 Å². The van der Waals surface area contributed by atoms with Gasteiger partial charge in [0.1, 0.15) is 17.5 Å². The highest BCUT2D eigenvalue weighted by Crippen LogP contribution is 2.35. The number of hydrogen-bond donors (Lipinski definition) is 2. The largest absolute Gasteiger partial charge is 0.434 e. The fourth-order valence-electron chi connectivity index (χ4n) is 3.60. The molecule has 1 aromatic carbocycles. The number of carbonyl (C=O) groups is 1. The maximum Gasteiger partial charge on any atom is 0.434 e. The Morgan fingerprint density at radius 2 is 1.86 bits per heavy atom. The van der Waals surface area contributed by atoms with Crippen LogP contribution in [-0.2, 0) is 6.18 Å². The standard InChI is InChI=1S/C22H13F3N10O/c23-22(24,25)19-15(11-31-34(19)17-3-1-2-16-14(17)4-5-18(27)33-16)21(36)32-13-8-12(9-26)20(28-10-13)35-29-6-7-30-35/h1-8,10-11H,(H2,27,33)(H,32,36). The summed E-state index contributed by atoms with van der Waals surface area (Å²) in [5.41, 5.74) is 4.11. The maximum absolute atomic E-state index is 14.2. The Labute approximate surface area is 199 Å². The molecule has 5 rings (SSSR count). The van der Waals surface area contributed by atoms with E-state index >= 15 is 0 Å². The average molecular weight is 490 g/mol. The monoisotopic (exact) mass is 490 g/mol. The van der Waals surface area contributed by atoms with Crippen LogP contribution >= 0.6 is 0 Å². The minimum atomic E-state index is -4.93. The molecule has 178 valence electrons. The van der Waals surface area contributed by atoms with Crippen molar-refractivity contribution in [3.05, 3.63) is 78.0 Å². The normalized spacial score (nSPS) is 11.4.